The summed E-state index contributed by atoms with van der Waals surface area (Å²) in [5, 5.41) is 0. The van der Waals surface area contributed by atoms with Crippen LogP contribution in [0.3, 0.4) is 0 Å². The number of hydrogen-bond acceptors (Lipinski definition) is 6. The average molecular weight is 512 g/mol. The topological polar surface area (TPSA) is 67.8 Å². The summed E-state index contributed by atoms with van der Waals surface area (Å²) in [4.78, 5) is 12.0. The number of phosphoric ester groups is 1. The van der Waals surface area contributed by atoms with Crippen molar-refractivity contribution >= 4 is 19.6 Å². The van der Waals surface area contributed by atoms with Crippen LogP contribution in [0, 0.1) is 5.92 Å². The van der Waals surface area contributed by atoms with Gasteiger partial charge in [0.05, 0.1) is 34.4 Å². The van der Waals surface area contributed by atoms with Gasteiger partial charge in [-0.25, -0.2) is 0 Å². The molecule has 0 aliphatic rings. The third-order valence-corrected chi connectivity index (χ3v) is 7.88. The van der Waals surface area contributed by atoms with Gasteiger partial charge in [-0.15, -0.1) is 0 Å². The van der Waals surface area contributed by atoms with E-state index in [1.807, 2.05) is 32.9 Å². The zero-order valence-electron chi connectivity index (χ0n) is 22.4. The predicted molar refractivity (Wildman–Crippen MR) is 141 cm³/mol. The molecule has 2 atom stereocenters. The number of quaternary nitrogens is 1. The molecule has 0 aliphatic heterocycles. The number of methoxy groups -OCH3 is 1. The predicted octanol–water partition coefficient (Wildman–Crippen LogP) is 6.28. The van der Waals surface area contributed by atoms with Crippen molar-refractivity contribution in [2.45, 2.75) is 90.4 Å². The highest BCUT2D eigenvalue weighted by molar-refractivity contribution is 7.99. The van der Waals surface area contributed by atoms with Crippen LogP contribution in [0.15, 0.2) is 0 Å². The molecule has 0 saturated heterocycles. The van der Waals surface area contributed by atoms with Crippen molar-refractivity contribution in [1.82, 2.24) is 0 Å². The zero-order valence-corrected chi connectivity index (χ0v) is 24.1. The molecular formula is C25H54NO5PS. The van der Waals surface area contributed by atoms with E-state index in [0.29, 0.717) is 17.6 Å². The molecule has 0 rings (SSSR count). The Labute approximate surface area is 209 Å². The van der Waals surface area contributed by atoms with Crippen LogP contribution in [-0.2, 0) is 18.3 Å². The molecule has 0 radical (unpaired) electrons. The largest absolute Gasteiger partial charge is 0.756 e. The third-order valence-electron chi connectivity index (χ3n) is 5.63. The normalized spacial score (nSPS) is 15.0. The monoisotopic (exact) mass is 511 g/mol. The SMILES string of the molecule is CCCCCCCCCCCCCCCSCC(COC)COP(=O)([O-])OCC[N+](C)(C)C. The van der Waals surface area contributed by atoms with Gasteiger partial charge in [0.25, 0.3) is 7.82 Å². The van der Waals surface area contributed by atoms with Gasteiger partial charge in [-0.05, 0) is 12.2 Å². The van der Waals surface area contributed by atoms with Gasteiger partial charge < -0.3 is 23.2 Å². The molecule has 0 aromatic rings. The van der Waals surface area contributed by atoms with E-state index in [9.17, 15) is 9.46 Å². The highest BCUT2D eigenvalue weighted by atomic mass is 32.2. The number of hydrogen-bond donors (Lipinski definition) is 0. The molecule has 0 fully saturated rings. The van der Waals surface area contributed by atoms with Crippen molar-refractivity contribution in [2.24, 2.45) is 5.92 Å². The van der Waals surface area contributed by atoms with Gasteiger partial charge in [0, 0.05) is 18.8 Å². The molecule has 0 N–H and O–H groups in total. The second-order valence-electron chi connectivity index (χ2n) is 10.2. The lowest BCUT2D eigenvalue weighted by atomic mass is 10.1. The average Bonchev–Trinajstić information content (AvgIpc) is 2.73. The Hall–Kier alpha value is 0.380. The Morgan fingerprint density at radius 1 is 0.818 bits per heavy atom. The van der Waals surface area contributed by atoms with Gasteiger partial charge in [0.1, 0.15) is 13.2 Å². The van der Waals surface area contributed by atoms with E-state index in [0.717, 1.165) is 11.5 Å². The molecule has 0 aromatic heterocycles. The van der Waals surface area contributed by atoms with Crippen LogP contribution < -0.4 is 4.89 Å². The van der Waals surface area contributed by atoms with Crippen molar-refractivity contribution in [3.05, 3.63) is 0 Å². The number of ether oxygens (including phenoxy) is 1. The van der Waals surface area contributed by atoms with Gasteiger partial charge in [-0.2, -0.15) is 11.8 Å². The van der Waals surface area contributed by atoms with Gasteiger partial charge in [0.2, 0.25) is 0 Å². The summed E-state index contributed by atoms with van der Waals surface area (Å²) in [5.74, 6) is 1.99. The Kier molecular flexibility index (Phi) is 21.9. The molecule has 8 heteroatoms. The standard InChI is InChI=1S/C25H54NO5PS/c1-6-7-8-9-10-11-12-13-14-15-16-17-18-21-33-24-25(22-29-5)23-31-32(27,28)30-20-19-26(2,3)4/h25H,6-24H2,1-5H3. The molecule has 6 nitrogen and oxygen atoms in total. The summed E-state index contributed by atoms with van der Waals surface area (Å²) >= 11 is 1.86. The van der Waals surface area contributed by atoms with E-state index in [1.165, 1.54) is 83.5 Å². The summed E-state index contributed by atoms with van der Waals surface area (Å²) in [6.45, 7) is 3.61. The lowest BCUT2D eigenvalue weighted by Crippen LogP contribution is -2.37. The lowest BCUT2D eigenvalue weighted by molar-refractivity contribution is -0.870. The minimum absolute atomic E-state index is 0.0474. The summed E-state index contributed by atoms with van der Waals surface area (Å²) in [5.41, 5.74) is 0. The number of unbranched alkanes of at least 4 members (excludes halogenated alkanes) is 12. The van der Waals surface area contributed by atoms with E-state index in [-0.39, 0.29) is 19.1 Å². The molecule has 0 spiro atoms. The van der Waals surface area contributed by atoms with Crippen LogP contribution >= 0.6 is 19.6 Å². The molecule has 33 heavy (non-hydrogen) atoms. The summed E-state index contributed by atoms with van der Waals surface area (Å²) < 4.78 is 27.9. The highest BCUT2D eigenvalue weighted by Gasteiger charge is 2.17. The van der Waals surface area contributed by atoms with Crippen LogP contribution in [0.1, 0.15) is 90.4 Å². The fourth-order valence-corrected chi connectivity index (χ4v) is 5.39. The number of nitrogens with zero attached hydrogens (tertiary/aromatic N) is 1. The van der Waals surface area contributed by atoms with Crippen LogP contribution in [-0.4, -0.2) is 70.6 Å². The van der Waals surface area contributed by atoms with E-state index in [2.05, 4.69) is 6.92 Å². The van der Waals surface area contributed by atoms with Crippen molar-refractivity contribution in [1.29, 1.82) is 0 Å². The summed E-state index contributed by atoms with van der Waals surface area (Å²) in [7, 11) is 3.35. The van der Waals surface area contributed by atoms with Gasteiger partial charge in [0.15, 0.2) is 0 Å². The van der Waals surface area contributed by atoms with Crippen LogP contribution in [0.4, 0.5) is 0 Å². The van der Waals surface area contributed by atoms with E-state index >= 15 is 0 Å². The first-order valence-corrected chi connectivity index (χ1v) is 15.8. The first-order valence-electron chi connectivity index (χ1n) is 13.2. The van der Waals surface area contributed by atoms with Gasteiger partial charge in [-0.1, -0.05) is 84.0 Å². The summed E-state index contributed by atoms with van der Waals surface area (Å²) in [6, 6.07) is 0. The minimum atomic E-state index is -4.26. The Bertz CT molecular complexity index is 476. The lowest BCUT2D eigenvalue weighted by Gasteiger charge is -2.28. The minimum Gasteiger partial charge on any atom is -0.756 e. The fraction of sp³-hybridized carbons (Fsp3) is 1.00. The van der Waals surface area contributed by atoms with Gasteiger partial charge >= 0.3 is 0 Å². The maximum absolute atomic E-state index is 12.0. The van der Waals surface area contributed by atoms with E-state index in [1.54, 1.807) is 7.11 Å². The molecule has 0 aromatic carbocycles. The van der Waals surface area contributed by atoms with Crippen LogP contribution in [0.25, 0.3) is 0 Å². The highest BCUT2D eigenvalue weighted by Crippen LogP contribution is 2.38. The molecule has 0 bridgehead atoms. The maximum atomic E-state index is 12.0. The number of rotatable bonds is 25. The number of likely N-dealkylation sites (N-methyl/N-ethyl adjacent to an activating group) is 1. The van der Waals surface area contributed by atoms with Gasteiger partial charge in [-0.3, -0.25) is 4.57 Å². The third kappa shape index (κ3) is 25.3. The molecule has 0 aliphatic carbocycles. The molecule has 0 heterocycles. The maximum Gasteiger partial charge on any atom is 0.268 e. The second kappa shape index (κ2) is 21.6. The Balaban J connectivity index is 3.68. The summed E-state index contributed by atoms with van der Waals surface area (Å²) in [6.07, 6.45) is 17.8. The van der Waals surface area contributed by atoms with Crippen molar-refractivity contribution in [3.8, 4) is 0 Å². The first kappa shape index (κ1) is 33.4. The Morgan fingerprint density at radius 3 is 1.82 bits per heavy atom. The van der Waals surface area contributed by atoms with Crippen LogP contribution in [0.5, 0.6) is 0 Å². The molecular weight excluding hydrogens is 457 g/mol. The molecule has 0 amide bonds. The molecule has 200 valence electrons. The van der Waals surface area contributed by atoms with Crippen LogP contribution in [0.2, 0.25) is 0 Å². The van der Waals surface area contributed by atoms with Crippen molar-refractivity contribution in [2.75, 3.05) is 66.1 Å². The first-order chi connectivity index (χ1) is 15.7. The number of thioether (sulfide) groups is 1. The second-order valence-corrected chi connectivity index (χ2v) is 12.8. The van der Waals surface area contributed by atoms with E-state index < -0.39 is 7.82 Å². The molecule has 0 saturated carbocycles. The van der Waals surface area contributed by atoms with Crippen molar-refractivity contribution < 1.29 is 27.7 Å². The Morgan fingerprint density at radius 2 is 1.33 bits per heavy atom. The zero-order chi connectivity index (χ0) is 24.8. The smallest absolute Gasteiger partial charge is 0.268 e. The fourth-order valence-electron chi connectivity index (χ4n) is 3.51. The number of phosphoric acid groups is 1. The van der Waals surface area contributed by atoms with E-state index in [4.69, 9.17) is 13.8 Å². The quantitative estimate of drug-likeness (QED) is 0.0816. The van der Waals surface area contributed by atoms with Crippen molar-refractivity contribution in [3.63, 3.8) is 0 Å². The molecule has 2 unspecified atom stereocenters.